The molecule has 3 heteroatoms. The van der Waals surface area contributed by atoms with Crippen molar-refractivity contribution < 1.29 is 0 Å². The molecule has 1 heterocycles. The quantitative estimate of drug-likeness (QED) is 0.795. The van der Waals surface area contributed by atoms with Crippen LogP contribution in [0.2, 0.25) is 0 Å². The molecule has 0 aliphatic rings. The molecule has 0 unspecified atom stereocenters. The molecule has 1 aromatic carbocycles. The standard InChI is InChI=1S/C12H11BrN2/c13-8-6-12-14-9-7-11(15-12)10-4-2-1-3-5-10/h1-5,7,9H,6,8H2. The fourth-order valence-electron chi connectivity index (χ4n) is 1.37. The van der Waals surface area contributed by atoms with Gasteiger partial charge in [-0.3, -0.25) is 0 Å². The third-order valence-electron chi connectivity index (χ3n) is 2.09. The fraction of sp³-hybridized carbons (Fsp3) is 0.167. The van der Waals surface area contributed by atoms with Gasteiger partial charge in [0.15, 0.2) is 0 Å². The summed E-state index contributed by atoms with van der Waals surface area (Å²) < 4.78 is 0. The Bertz CT molecular complexity index is 429. The molecule has 0 aliphatic carbocycles. The number of hydrogen-bond donors (Lipinski definition) is 0. The van der Waals surface area contributed by atoms with E-state index in [4.69, 9.17) is 0 Å². The molecule has 0 radical (unpaired) electrons. The maximum atomic E-state index is 4.49. The van der Waals surface area contributed by atoms with Crippen molar-refractivity contribution >= 4 is 15.9 Å². The molecule has 76 valence electrons. The van der Waals surface area contributed by atoms with E-state index in [1.165, 1.54) is 0 Å². The zero-order valence-corrected chi connectivity index (χ0v) is 9.81. The first-order chi connectivity index (χ1) is 7.40. The maximum absolute atomic E-state index is 4.49. The maximum Gasteiger partial charge on any atom is 0.129 e. The van der Waals surface area contributed by atoms with E-state index in [9.17, 15) is 0 Å². The van der Waals surface area contributed by atoms with E-state index in [0.29, 0.717) is 0 Å². The van der Waals surface area contributed by atoms with Crippen molar-refractivity contribution in [3.8, 4) is 11.3 Å². The van der Waals surface area contributed by atoms with Crippen LogP contribution >= 0.6 is 15.9 Å². The Morgan fingerprint density at radius 3 is 2.60 bits per heavy atom. The molecule has 0 saturated heterocycles. The molecule has 1 aromatic heterocycles. The van der Waals surface area contributed by atoms with Crippen molar-refractivity contribution in [3.63, 3.8) is 0 Å². The lowest BCUT2D eigenvalue weighted by Gasteiger charge is -2.02. The topological polar surface area (TPSA) is 25.8 Å². The predicted octanol–water partition coefficient (Wildman–Crippen LogP) is 3.08. The predicted molar refractivity (Wildman–Crippen MR) is 65.0 cm³/mol. The molecule has 15 heavy (non-hydrogen) atoms. The van der Waals surface area contributed by atoms with E-state index in [0.717, 1.165) is 28.8 Å². The van der Waals surface area contributed by atoms with Gasteiger partial charge >= 0.3 is 0 Å². The Balaban J connectivity index is 2.33. The van der Waals surface area contributed by atoms with Gasteiger partial charge in [0.2, 0.25) is 0 Å². The van der Waals surface area contributed by atoms with Crippen molar-refractivity contribution in [1.82, 2.24) is 9.97 Å². The second kappa shape index (κ2) is 5.03. The number of benzene rings is 1. The highest BCUT2D eigenvalue weighted by Gasteiger charge is 2.00. The molecule has 0 bridgehead atoms. The zero-order chi connectivity index (χ0) is 10.5. The SMILES string of the molecule is BrCCc1nccc(-c2ccccc2)n1. The smallest absolute Gasteiger partial charge is 0.129 e. The Morgan fingerprint density at radius 1 is 1.07 bits per heavy atom. The molecule has 0 amide bonds. The number of aryl methyl sites for hydroxylation is 1. The lowest BCUT2D eigenvalue weighted by molar-refractivity contribution is 0.955. The van der Waals surface area contributed by atoms with E-state index in [-0.39, 0.29) is 0 Å². The summed E-state index contributed by atoms with van der Waals surface area (Å²) in [7, 11) is 0. The minimum atomic E-state index is 0.862. The van der Waals surface area contributed by atoms with E-state index < -0.39 is 0 Å². The summed E-state index contributed by atoms with van der Waals surface area (Å²) in [4.78, 5) is 8.71. The van der Waals surface area contributed by atoms with Crippen LogP contribution in [0.3, 0.4) is 0 Å². The molecule has 0 fully saturated rings. The second-order valence-corrected chi connectivity index (χ2v) is 3.96. The summed E-state index contributed by atoms with van der Waals surface area (Å²) in [5, 5.41) is 0.894. The summed E-state index contributed by atoms with van der Waals surface area (Å²) in [5.74, 6) is 0.883. The van der Waals surface area contributed by atoms with Gasteiger partial charge in [-0.25, -0.2) is 9.97 Å². The van der Waals surface area contributed by atoms with Gasteiger partial charge < -0.3 is 0 Å². The van der Waals surface area contributed by atoms with Crippen molar-refractivity contribution in [2.45, 2.75) is 6.42 Å². The molecule has 2 rings (SSSR count). The monoisotopic (exact) mass is 262 g/mol. The van der Waals surface area contributed by atoms with Crippen molar-refractivity contribution in [2.75, 3.05) is 5.33 Å². The third kappa shape index (κ3) is 2.63. The molecule has 0 N–H and O–H groups in total. The highest BCUT2D eigenvalue weighted by atomic mass is 79.9. The number of rotatable bonds is 3. The van der Waals surface area contributed by atoms with Crippen molar-refractivity contribution in [3.05, 3.63) is 48.4 Å². The number of nitrogens with zero attached hydrogens (tertiary/aromatic N) is 2. The van der Waals surface area contributed by atoms with Crippen LogP contribution in [-0.2, 0) is 6.42 Å². The highest BCUT2D eigenvalue weighted by Crippen LogP contribution is 2.15. The molecule has 0 atom stereocenters. The van der Waals surface area contributed by atoms with Crippen LogP contribution in [0.25, 0.3) is 11.3 Å². The van der Waals surface area contributed by atoms with E-state index in [2.05, 4.69) is 38.0 Å². The summed E-state index contributed by atoms with van der Waals surface area (Å²) in [6.45, 7) is 0. The molecule has 2 nitrogen and oxygen atoms in total. The number of aromatic nitrogens is 2. The number of hydrogen-bond acceptors (Lipinski definition) is 2. The van der Waals surface area contributed by atoms with Crippen LogP contribution < -0.4 is 0 Å². The van der Waals surface area contributed by atoms with Gasteiger partial charge in [0, 0.05) is 23.5 Å². The number of halogens is 1. The Labute approximate surface area is 97.5 Å². The van der Waals surface area contributed by atoms with Crippen LogP contribution in [0.15, 0.2) is 42.6 Å². The molecule has 0 aliphatic heterocycles. The van der Waals surface area contributed by atoms with Crippen LogP contribution in [-0.4, -0.2) is 15.3 Å². The van der Waals surface area contributed by atoms with Crippen LogP contribution in [0.1, 0.15) is 5.82 Å². The average Bonchev–Trinajstić information content (AvgIpc) is 2.31. The minimum Gasteiger partial charge on any atom is -0.241 e. The zero-order valence-electron chi connectivity index (χ0n) is 8.23. The van der Waals surface area contributed by atoms with Crippen molar-refractivity contribution in [2.24, 2.45) is 0 Å². The Hall–Kier alpha value is -1.22. The van der Waals surface area contributed by atoms with E-state index in [1.54, 1.807) is 0 Å². The Kier molecular flexibility index (Phi) is 3.45. The van der Waals surface area contributed by atoms with Gasteiger partial charge in [-0.15, -0.1) is 0 Å². The largest absolute Gasteiger partial charge is 0.241 e. The summed E-state index contributed by atoms with van der Waals surface area (Å²) in [6.07, 6.45) is 2.67. The normalized spacial score (nSPS) is 10.2. The lowest BCUT2D eigenvalue weighted by Crippen LogP contribution is -1.96. The van der Waals surface area contributed by atoms with Crippen LogP contribution in [0, 0.1) is 0 Å². The Morgan fingerprint density at radius 2 is 1.87 bits per heavy atom. The highest BCUT2D eigenvalue weighted by molar-refractivity contribution is 9.09. The van der Waals surface area contributed by atoms with Gasteiger partial charge in [-0.1, -0.05) is 46.3 Å². The first-order valence-corrected chi connectivity index (χ1v) is 5.95. The van der Waals surface area contributed by atoms with Gasteiger partial charge in [-0.05, 0) is 6.07 Å². The molecule has 2 aromatic rings. The fourth-order valence-corrected chi connectivity index (χ4v) is 1.73. The van der Waals surface area contributed by atoms with Crippen LogP contribution in [0.5, 0.6) is 0 Å². The summed E-state index contributed by atoms with van der Waals surface area (Å²) >= 11 is 3.39. The molecule has 0 spiro atoms. The van der Waals surface area contributed by atoms with E-state index in [1.807, 2.05) is 30.5 Å². The average molecular weight is 263 g/mol. The minimum absolute atomic E-state index is 0.862. The van der Waals surface area contributed by atoms with Crippen molar-refractivity contribution in [1.29, 1.82) is 0 Å². The lowest BCUT2D eigenvalue weighted by atomic mass is 10.1. The second-order valence-electron chi connectivity index (χ2n) is 3.16. The van der Waals surface area contributed by atoms with Gasteiger partial charge in [0.25, 0.3) is 0 Å². The van der Waals surface area contributed by atoms with Gasteiger partial charge in [-0.2, -0.15) is 0 Å². The first kappa shape index (κ1) is 10.3. The molecular formula is C12H11BrN2. The van der Waals surface area contributed by atoms with Gasteiger partial charge in [0.1, 0.15) is 5.82 Å². The summed E-state index contributed by atoms with van der Waals surface area (Å²) in [5.41, 5.74) is 2.12. The summed E-state index contributed by atoms with van der Waals surface area (Å²) in [6, 6.07) is 12.1. The first-order valence-electron chi connectivity index (χ1n) is 4.83. The number of alkyl halides is 1. The van der Waals surface area contributed by atoms with Gasteiger partial charge in [0.05, 0.1) is 5.69 Å². The molecular weight excluding hydrogens is 252 g/mol. The van der Waals surface area contributed by atoms with E-state index >= 15 is 0 Å². The van der Waals surface area contributed by atoms with Crippen LogP contribution in [0.4, 0.5) is 0 Å². The molecule has 0 saturated carbocycles. The third-order valence-corrected chi connectivity index (χ3v) is 2.49.